The van der Waals surface area contributed by atoms with Crippen molar-refractivity contribution in [3.63, 3.8) is 0 Å². The Hall–Kier alpha value is -3.99. The first-order chi connectivity index (χ1) is 16.1. The van der Waals surface area contributed by atoms with E-state index in [9.17, 15) is 4.79 Å². The largest absolute Gasteiger partial charge is 0.372 e. The summed E-state index contributed by atoms with van der Waals surface area (Å²) in [6, 6.07) is 27.7. The van der Waals surface area contributed by atoms with Crippen LogP contribution in [-0.2, 0) is 0 Å². The van der Waals surface area contributed by atoms with Crippen LogP contribution in [0.2, 0.25) is 0 Å². The lowest BCUT2D eigenvalue weighted by molar-refractivity contribution is 0.262. The molecule has 168 valence electrons. The van der Waals surface area contributed by atoms with Gasteiger partial charge in [-0.05, 0) is 68.8 Å². The lowest BCUT2D eigenvalue weighted by Gasteiger charge is -2.22. The van der Waals surface area contributed by atoms with E-state index in [2.05, 4.69) is 65.9 Å². The molecule has 0 saturated carbocycles. The molecule has 0 radical (unpaired) electrons. The third kappa shape index (κ3) is 5.09. The van der Waals surface area contributed by atoms with Crippen LogP contribution in [0.1, 0.15) is 19.4 Å². The third-order valence-corrected chi connectivity index (χ3v) is 5.81. The van der Waals surface area contributed by atoms with Crippen LogP contribution in [-0.4, -0.2) is 19.1 Å². The Kier molecular flexibility index (Phi) is 6.79. The molecule has 0 fully saturated rings. The number of amides is 2. The van der Waals surface area contributed by atoms with Crippen molar-refractivity contribution in [2.75, 3.05) is 33.9 Å². The SMILES string of the molecule is CCN(CC)c1ccc(Nc2ccc(NC(=O)Nc3ccccc3)c3ccccc23)c(C)c1. The van der Waals surface area contributed by atoms with Gasteiger partial charge in [0.05, 0.1) is 5.69 Å². The fourth-order valence-electron chi connectivity index (χ4n) is 4.04. The van der Waals surface area contributed by atoms with Gasteiger partial charge in [0.25, 0.3) is 0 Å². The first-order valence-electron chi connectivity index (χ1n) is 11.4. The standard InChI is InChI=1S/C28H30N4O/c1-4-32(5-2)22-15-16-25(20(3)19-22)30-26-17-18-27(24-14-10-9-13-23(24)26)31-28(33)29-21-11-7-6-8-12-21/h6-19,30H,4-5H2,1-3H3,(H2,29,31,33). The zero-order valence-electron chi connectivity index (χ0n) is 19.4. The van der Waals surface area contributed by atoms with E-state index in [4.69, 9.17) is 0 Å². The van der Waals surface area contributed by atoms with Gasteiger partial charge in [0.1, 0.15) is 0 Å². The van der Waals surface area contributed by atoms with Gasteiger partial charge in [0, 0.05) is 46.6 Å². The van der Waals surface area contributed by atoms with E-state index in [1.54, 1.807) is 0 Å². The highest BCUT2D eigenvalue weighted by molar-refractivity contribution is 6.09. The Balaban J connectivity index is 1.58. The lowest BCUT2D eigenvalue weighted by atomic mass is 10.1. The second kappa shape index (κ2) is 10.1. The molecular weight excluding hydrogens is 408 g/mol. The smallest absolute Gasteiger partial charge is 0.323 e. The normalized spacial score (nSPS) is 10.6. The summed E-state index contributed by atoms with van der Waals surface area (Å²) in [4.78, 5) is 14.9. The number of nitrogens with zero attached hydrogens (tertiary/aromatic N) is 1. The Morgan fingerprint density at radius 3 is 2.00 bits per heavy atom. The number of para-hydroxylation sites is 1. The summed E-state index contributed by atoms with van der Waals surface area (Å²) in [6.07, 6.45) is 0. The molecule has 5 heteroatoms. The predicted octanol–water partition coefficient (Wildman–Crippen LogP) is 7.38. The minimum atomic E-state index is -0.269. The topological polar surface area (TPSA) is 56.4 Å². The lowest BCUT2D eigenvalue weighted by Crippen LogP contribution is -2.21. The summed E-state index contributed by atoms with van der Waals surface area (Å²) < 4.78 is 0. The van der Waals surface area contributed by atoms with Crippen LogP contribution >= 0.6 is 0 Å². The van der Waals surface area contributed by atoms with Gasteiger partial charge in [0.15, 0.2) is 0 Å². The van der Waals surface area contributed by atoms with E-state index in [1.807, 2.05) is 60.7 Å². The number of hydrogen-bond acceptors (Lipinski definition) is 3. The van der Waals surface area contributed by atoms with Crippen molar-refractivity contribution in [1.29, 1.82) is 0 Å². The molecule has 33 heavy (non-hydrogen) atoms. The van der Waals surface area contributed by atoms with Crippen molar-refractivity contribution >= 4 is 45.2 Å². The second-order valence-electron chi connectivity index (χ2n) is 7.95. The highest BCUT2D eigenvalue weighted by atomic mass is 16.2. The molecule has 0 heterocycles. The van der Waals surface area contributed by atoms with Gasteiger partial charge in [-0.25, -0.2) is 4.79 Å². The molecular formula is C28H30N4O. The summed E-state index contributed by atoms with van der Waals surface area (Å²) in [5, 5.41) is 11.5. The average molecular weight is 439 g/mol. The quantitative estimate of drug-likeness (QED) is 0.282. The molecule has 4 aromatic carbocycles. The number of aryl methyl sites for hydroxylation is 1. The molecule has 0 saturated heterocycles. The highest BCUT2D eigenvalue weighted by Crippen LogP contribution is 2.33. The molecule has 0 atom stereocenters. The van der Waals surface area contributed by atoms with Gasteiger partial charge in [0.2, 0.25) is 0 Å². The molecule has 4 rings (SSSR count). The molecule has 5 nitrogen and oxygen atoms in total. The number of urea groups is 1. The second-order valence-corrected chi connectivity index (χ2v) is 7.95. The minimum absolute atomic E-state index is 0.269. The highest BCUT2D eigenvalue weighted by Gasteiger charge is 2.11. The zero-order valence-corrected chi connectivity index (χ0v) is 19.4. The van der Waals surface area contributed by atoms with Crippen LogP contribution in [0.5, 0.6) is 0 Å². The summed E-state index contributed by atoms with van der Waals surface area (Å²) in [5.74, 6) is 0. The Bertz CT molecular complexity index is 1250. The first-order valence-corrected chi connectivity index (χ1v) is 11.4. The van der Waals surface area contributed by atoms with Gasteiger partial charge in [-0.1, -0.05) is 42.5 Å². The average Bonchev–Trinajstić information content (AvgIpc) is 2.83. The van der Waals surface area contributed by atoms with Gasteiger partial charge in [-0.2, -0.15) is 0 Å². The van der Waals surface area contributed by atoms with Gasteiger partial charge >= 0.3 is 6.03 Å². The fourth-order valence-corrected chi connectivity index (χ4v) is 4.04. The maximum atomic E-state index is 12.5. The van der Waals surface area contributed by atoms with Crippen LogP contribution < -0.4 is 20.9 Å². The van der Waals surface area contributed by atoms with Crippen molar-refractivity contribution in [3.8, 4) is 0 Å². The van der Waals surface area contributed by atoms with Gasteiger partial charge in [-0.15, -0.1) is 0 Å². The number of fused-ring (bicyclic) bond motifs is 1. The van der Waals surface area contributed by atoms with Crippen LogP contribution in [0, 0.1) is 6.92 Å². The molecule has 0 bridgehead atoms. The Morgan fingerprint density at radius 2 is 1.33 bits per heavy atom. The van der Waals surface area contributed by atoms with Gasteiger partial charge in [-0.3, -0.25) is 0 Å². The molecule has 0 unspecified atom stereocenters. The number of rotatable bonds is 7. The number of benzene rings is 4. The summed E-state index contributed by atoms with van der Waals surface area (Å²) in [7, 11) is 0. The van der Waals surface area contributed by atoms with E-state index in [0.29, 0.717) is 0 Å². The van der Waals surface area contributed by atoms with E-state index in [1.165, 1.54) is 11.3 Å². The number of hydrogen-bond donors (Lipinski definition) is 3. The van der Waals surface area contributed by atoms with E-state index >= 15 is 0 Å². The third-order valence-electron chi connectivity index (χ3n) is 5.81. The summed E-state index contributed by atoms with van der Waals surface area (Å²) in [5.41, 5.74) is 6.00. The molecule has 0 aliphatic heterocycles. The maximum Gasteiger partial charge on any atom is 0.323 e. The Morgan fingerprint density at radius 1 is 0.727 bits per heavy atom. The molecule has 0 spiro atoms. The van der Waals surface area contributed by atoms with Crippen molar-refractivity contribution in [3.05, 3.63) is 90.5 Å². The maximum absolute atomic E-state index is 12.5. The van der Waals surface area contributed by atoms with E-state index < -0.39 is 0 Å². The number of anilines is 5. The van der Waals surface area contributed by atoms with Crippen molar-refractivity contribution in [2.45, 2.75) is 20.8 Å². The minimum Gasteiger partial charge on any atom is -0.372 e. The monoisotopic (exact) mass is 438 g/mol. The van der Waals surface area contributed by atoms with Crippen LogP contribution in [0.3, 0.4) is 0 Å². The summed E-state index contributed by atoms with van der Waals surface area (Å²) in [6.45, 7) is 8.44. The van der Waals surface area contributed by atoms with Crippen molar-refractivity contribution in [1.82, 2.24) is 0 Å². The predicted molar refractivity (Wildman–Crippen MR) is 141 cm³/mol. The molecule has 3 N–H and O–H groups in total. The van der Waals surface area contributed by atoms with E-state index in [0.717, 1.165) is 46.6 Å². The molecule has 0 aliphatic rings. The van der Waals surface area contributed by atoms with Crippen molar-refractivity contribution in [2.24, 2.45) is 0 Å². The Labute approximate surface area is 195 Å². The van der Waals surface area contributed by atoms with Gasteiger partial charge < -0.3 is 20.9 Å². The first kappa shape index (κ1) is 22.2. The van der Waals surface area contributed by atoms with E-state index in [-0.39, 0.29) is 6.03 Å². The fraction of sp³-hybridized carbons (Fsp3) is 0.179. The molecule has 4 aromatic rings. The molecule has 0 aromatic heterocycles. The number of carbonyl (C=O) groups excluding carboxylic acids is 1. The molecule has 0 aliphatic carbocycles. The number of nitrogens with one attached hydrogen (secondary N) is 3. The number of carbonyl (C=O) groups is 1. The van der Waals surface area contributed by atoms with Crippen LogP contribution in [0.15, 0.2) is 84.9 Å². The van der Waals surface area contributed by atoms with Crippen LogP contribution in [0.25, 0.3) is 10.8 Å². The van der Waals surface area contributed by atoms with Crippen LogP contribution in [0.4, 0.5) is 33.2 Å². The zero-order chi connectivity index (χ0) is 23.2. The van der Waals surface area contributed by atoms with Crippen molar-refractivity contribution < 1.29 is 4.79 Å². The summed E-state index contributed by atoms with van der Waals surface area (Å²) >= 11 is 0. The molecule has 2 amide bonds.